The zero-order valence-electron chi connectivity index (χ0n) is 6.14. The van der Waals surface area contributed by atoms with Gasteiger partial charge in [-0.15, -0.1) is 0 Å². The third-order valence-electron chi connectivity index (χ3n) is 2.69. The quantitative estimate of drug-likeness (QED) is 0.360. The minimum absolute atomic E-state index is 1.23. The predicted molar refractivity (Wildman–Crippen MR) is 34.8 cm³/mol. The Balaban J connectivity index is 1.90. The van der Waals surface area contributed by atoms with E-state index in [4.69, 9.17) is 0 Å². The first-order valence-corrected chi connectivity index (χ1v) is 4.02. The van der Waals surface area contributed by atoms with E-state index in [0.717, 1.165) is 0 Å². The molecule has 0 unspecified atom stereocenters. The Kier molecular flexibility index (Phi) is 0.936. The van der Waals surface area contributed by atoms with Crippen molar-refractivity contribution in [1.29, 1.82) is 0 Å². The first kappa shape index (κ1) is 5.49. The Bertz CT molecular complexity index is 101. The summed E-state index contributed by atoms with van der Waals surface area (Å²) in [5.41, 5.74) is 0. The minimum atomic E-state index is 1.23. The fraction of sp³-hybridized carbons (Fsp3) is 1.00. The summed E-state index contributed by atoms with van der Waals surface area (Å²) >= 11 is 0. The van der Waals surface area contributed by atoms with E-state index in [9.17, 15) is 0 Å². The molecule has 0 aromatic carbocycles. The molecule has 0 radical (unpaired) electrons. The summed E-state index contributed by atoms with van der Waals surface area (Å²) in [5.74, 6) is 0. The van der Waals surface area contributed by atoms with Crippen LogP contribution in [0.15, 0.2) is 0 Å². The van der Waals surface area contributed by atoms with Gasteiger partial charge in [-0.3, -0.25) is 9.80 Å². The van der Waals surface area contributed by atoms with Gasteiger partial charge in [0.25, 0.3) is 0 Å². The molecule has 0 aromatic rings. The number of quaternary nitrogens is 2. The highest BCUT2D eigenvalue weighted by molar-refractivity contribution is 4.57. The molecule has 0 amide bonds. The number of rotatable bonds is 0. The van der Waals surface area contributed by atoms with E-state index in [1.165, 1.54) is 40.0 Å². The molecule has 4 rings (SSSR count). The van der Waals surface area contributed by atoms with Crippen LogP contribution >= 0.6 is 0 Å². The molecule has 2 N–H and O–H groups in total. The van der Waals surface area contributed by atoms with Gasteiger partial charge in [-0.25, -0.2) is 0 Å². The van der Waals surface area contributed by atoms with Crippen molar-refractivity contribution in [2.45, 2.75) is 0 Å². The first-order valence-electron chi connectivity index (χ1n) is 4.02. The average Bonchev–Trinajstić information content (AvgIpc) is 1.82. The van der Waals surface area contributed by atoms with Crippen molar-refractivity contribution in [3.05, 3.63) is 0 Å². The summed E-state index contributed by atoms with van der Waals surface area (Å²) in [4.78, 5) is 8.58. The van der Waals surface area contributed by atoms with E-state index in [1.807, 2.05) is 0 Å². The van der Waals surface area contributed by atoms with Crippen molar-refractivity contribution in [3.63, 3.8) is 0 Å². The van der Waals surface area contributed by atoms with E-state index in [1.54, 1.807) is 9.80 Å². The standard InChI is InChI=1S/C6H12N4/c1-7-2-9-4-8(1)5-10(3-7)6-9/h1-6H2/p+2. The number of nitrogens with zero attached hydrogens (tertiary/aromatic N) is 2. The van der Waals surface area contributed by atoms with Gasteiger partial charge in [0, 0.05) is 0 Å². The Labute approximate surface area is 60.6 Å². The average molecular weight is 142 g/mol. The lowest BCUT2D eigenvalue weighted by molar-refractivity contribution is -1.15. The summed E-state index contributed by atoms with van der Waals surface area (Å²) in [6.45, 7) is 7.75. The predicted octanol–water partition coefficient (Wildman–Crippen LogP) is -3.85. The number of nitrogens with one attached hydrogen (secondary N) is 2. The fourth-order valence-corrected chi connectivity index (χ4v) is 2.54. The van der Waals surface area contributed by atoms with Gasteiger partial charge < -0.3 is 0 Å². The highest BCUT2D eigenvalue weighted by Gasteiger charge is 2.42. The zero-order chi connectivity index (χ0) is 6.55. The van der Waals surface area contributed by atoms with E-state index in [2.05, 4.69) is 9.80 Å². The van der Waals surface area contributed by atoms with Crippen LogP contribution in [0.1, 0.15) is 0 Å². The Morgan fingerprint density at radius 1 is 0.800 bits per heavy atom. The molecule has 56 valence electrons. The van der Waals surface area contributed by atoms with Gasteiger partial charge in [0.15, 0.2) is 0 Å². The van der Waals surface area contributed by atoms with Gasteiger partial charge in [0.2, 0.25) is 6.67 Å². The molecule has 4 saturated heterocycles. The van der Waals surface area contributed by atoms with Crippen molar-refractivity contribution in [1.82, 2.24) is 9.80 Å². The highest BCUT2D eigenvalue weighted by atomic mass is 15.7. The van der Waals surface area contributed by atoms with Crippen LogP contribution in [-0.2, 0) is 0 Å². The molecule has 4 aliphatic heterocycles. The van der Waals surface area contributed by atoms with Crippen molar-refractivity contribution < 1.29 is 9.80 Å². The van der Waals surface area contributed by atoms with Crippen molar-refractivity contribution >= 4 is 0 Å². The SMILES string of the molecule is C1N2C[NH+]3CN1C[NH+](C2)C3. The third kappa shape index (κ3) is 0.645. The molecule has 4 heteroatoms. The topological polar surface area (TPSA) is 15.4 Å². The lowest BCUT2D eigenvalue weighted by Gasteiger charge is -2.50. The van der Waals surface area contributed by atoms with Gasteiger partial charge in [-0.1, -0.05) is 0 Å². The van der Waals surface area contributed by atoms with Crippen LogP contribution in [0.5, 0.6) is 0 Å². The molecule has 4 aliphatic rings. The van der Waals surface area contributed by atoms with Crippen LogP contribution in [0, 0.1) is 0 Å². The molecule has 0 spiro atoms. The van der Waals surface area contributed by atoms with E-state index < -0.39 is 0 Å². The summed E-state index contributed by atoms with van der Waals surface area (Å²) in [6, 6.07) is 0. The summed E-state index contributed by atoms with van der Waals surface area (Å²) < 4.78 is 0. The molecule has 0 atom stereocenters. The summed E-state index contributed by atoms with van der Waals surface area (Å²) in [5, 5.41) is 0. The highest BCUT2D eigenvalue weighted by Crippen LogP contribution is 1.96. The molecule has 4 fully saturated rings. The maximum atomic E-state index is 2.54. The van der Waals surface area contributed by atoms with Crippen molar-refractivity contribution in [2.24, 2.45) is 0 Å². The molecule has 10 heavy (non-hydrogen) atoms. The number of hydrogen-bond donors (Lipinski definition) is 2. The van der Waals surface area contributed by atoms with Crippen molar-refractivity contribution in [3.8, 4) is 0 Å². The molecule has 4 nitrogen and oxygen atoms in total. The first-order chi connectivity index (χ1) is 4.90. The zero-order valence-corrected chi connectivity index (χ0v) is 6.14. The van der Waals surface area contributed by atoms with Gasteiger partial charge >= 0.3 is 0 Å². The lowest BCUT2D eigenvalue weighted by atomic mass is 10.4. The summed E-state index contributed by atoms with van der Waals surface area (Å²) in [6.07, 6.45) is 0. The molecule has 4 heterocycles. The second-order valence-corrected chi connectivity index (χ2v) is 3.79. The second-order valence-electron chi connectivity index (χ2n) is 3.79. The maximum Gasteiger partial charge on any atom is 0.208 e. The van der Waals surface area contributed by atoms with Crippen LogP contribution in [0.4, 0.5) is 0 Å². The third-order valence-corrected chi connectivity index (χ3v) is 2.69. The lowest BCUT2D eigenvalue weighted by Crippen LogP contribution is -3.41. The maximum absolute atomic E-state index is 2.54. The smallest absolute Gasteiger partial charge is 0.208 e. The second kappa shape index (κ2) is 1.71. The van der Waals surface area contributed by atoms with Crippen LogP contribution in [0.3, 0.4) is 0 Å². The van der Waals surface area contributed by atoms with Crippen LogP contribution in [0.25, 0.3) is 0 Å². The van der Waals surface area contributed by atoms with Crippen LogP contribution in [0.2, 0.25) is 0 Å². The van der Waals surface area contributed by atoms with E-state index in [-0.39, 0.29) is 0 Å². The van der Waals surface area contributed by atoms with Crippen molar-refractivity contribution in [2.75, 3.05) is 40.0 Å². The molecule has 4 bridgehead atoms. The minimum Gasteiger partial charge on any atom is -0.263 e. The van der Waals surface area contributed by atoms with Gasteiger partial charge in [0.05, 0.1) is 6.67 Å². The Morgan fingerprint density at radius 2 is 1.30 bits per heavy atom. The van der Waals surface area contributed by atoms with E-state index in [0.29, 0.717) is 0 Å². The van der Waals surface area contributed by atoms with E-state index >= 15 is 0 Å². The van der Waals surface area contributed by atoms with Gasteiger partial charge in [0.1, 0.15) is 26.7 Å². The number of hydrogen-bond acceptors (Lipinski definition) is 2. The Hall–Kier alpha value is -0.160. The monoisotopic (exact) mass is 142 g/mol. The molecule has 0 aliphatic carbocycles. The van der Waals surface area contributed by atoms with Gasteiger partial charge in [-0.05, 0) is 0 Å². The summed E-state index contributed by atoms with van der Waals surface area (Å²) in [7, 11) is 0. The normalized spacial score (nSPS) is 57.6. The van der Waals surface area contributed by atoms with Crippen LogP contribution in [-0.4, -0.2) is 49.8 Å². The molecular formula is C6H14N4+2. The molecule has 0 aromatic heterocycles. The van der Waals surface area contributed by atoms with Gasteiger partial charge in [-0.2, -0.15) is 9.80 Å². The molecule has 0 saturated carbocycles. The largest absolute Gasteiger partial charge is 0.263 e. The van der Waals surface area contributed by atoms with Crippen LogP contribution < -0.4 is 9.80 Å². The fourth-order valence-electron chi connectivity index (χ4n) is 2.54. The molecular weight excluding hydrogens is 128 g/mol. The Morgan fingerprint density at radius 3 is 1.70 bits per heavy atom.